The molecule has 4 heterocycles. The predicted molar refractivity (Wildman–Crippen MR) is 111 cm³/mol. The van der Waals surface area contributed by atoms with E-state index in [9.17, 15) is 9.18 Å². The van der Waals surface area contributed by atoms with Crippen molar-refractivity contribution in [1.29, 1.82) is 0 Å². The molecule has 1 aliphatic rings. The van der Waals surface area contributed by atoms with Gasteiger partial charge in [-0.15, -0.1) is 0 Å². The van der Waals surface area contributed by atoms with Crippen molar-refractivity contribution < 1.29 is 8.81 Å². The minimum atomic E-state index is -0.324. The summed E-state index contributed by atoms with van der Waals surface area (Å²) >= 11 is 0. The lowest BCUT2D eigenvalue weighted by Gasteiger charge is -2.31. The summed E-state index contributed by atoms with van der Waals surface area (Å²) in [5.41, 5.74) is 2.51. The second kappa shape index (κ2) is 7.70. The topological polar surface area (TPSA) is 77.1 Å². The number of pyridine rings is 1. The Balaban J connectivity index is 1.24. The molecule has 0 saturated carbocycles. The van der Waals surface area contributed by atoms with E-state index >= 15 is 0 Å². The van der Waals surface area contributed by atoms with Crippen LogP contribution in [0.2, 0.25) is 0 Å². The highest BCUT2D eigenvalue weighted by Crippen LogP contribution is 2.27. The molecule has 1 aromatic carbocycles. The van der Waals surface area contributed by atoms with Crippen LogP contribution in [0.15, 0.2) is 64.3 Å². The number of benzene rings is 1. The Morgan fingerprint density at radius 3 is 2.80 bits per heavy atom. The van der Waals surface area contributed by atoms with Gasteiger partial charge in [-0.1, -0.05) is 0 Å². The highest BCUT2D eigenvalue weighted by Gasteiger charge is 2.23. The summed E-state index contributed by atoms with van der Waals surface area (Å²) in [5.74, 6) is 0.0430. The Hall–Kier alpha value is -3.55. The van der Waals surface area contributed by atoms with E-state index in [1.807, 2.05) is 12.1 Å². The van der Waals surface area contributed by atoms with Crippen molar-refractivity contribution in [2.45, 2.75) is 19.4 Å². The van der Waals surface area contributed by atoms with Crippen LogP contribution in [0.25, 0.3) is 22.4 Å². The smallest absolute Gasteiger partial charge is 0.298 e. The van der Waals surface area contributed by atoms with Crippen LogP contribution in [0, 0.1) is 11.7 Å². The van der Waals surface area contributed by atoms with Gasteiger partial charge < -0.3 is 9.32 Å². The van der Waals surface area contributed by atoms with Gasteiger partial charge in [0.2, 0.25) is 0 Å². The summed E-state index contributed by atoms with van der Waals surface area (Å²) in [4.78, 5) is 27.5. The van der Waals surface area contributed by atoms with Crippen LogP contribution in [0.5, 0.6) is 0 Å². The summed E-state index contributed by atoms with van der Waals surface area (Å²) in [7, 11) is 0. The SMILES string of the molecule is O=c1cc(-c2cccnc2)ncn1CC1CCN(c2nc3cc(F)ccc3o2)CC1. The first-order valence-corrected chi connectivity index (χ1v) is 9.94. The zero-order valence-electron chi connectivity index (χ0n) is 16.2. The summed E-state index contributed by atoms with van der Waals surface area (Å²) in [6.07, 6.45) is 6.82. The van der Waals surface area contributed by atoms with Gasteiger partial charge in [-0.25, -0.2) is 9.37 Å². The molecule has 0 N–H and O–H groups in total. The van der Waals surface area contributed by atoms with Crippen LogP contribution < -0.4 is 10.5 Å². The largest absolute Gasteiger partial charge is 0.423 e. The molecule has 0 atom stereocenters. The number of oxazole rings is 1. The van der Waals surface area contributed by atoms with Crippen molar-refractivity contribution >= 4 is 17.1 Å². The molecule has 1 fully saturated rings. The van der Waals surface area contributed by atoms with Gasteiger partial charge in [-0.05, 0) is 43.0 Å². The maximum absolute atomic E-state index is 13.4. The maximum atomic E-state index is 13.4. The molecular weight excluding hydrogens is 385 g/mol. The Morgan fingerprint density at radius 2 is 2.03 bits per heavy atom. The van der Waals surface area contributed by atoms with Gasteiger partial charge in [0.05, 0.1) is 12.0 Å². The first kappa shape index (κ1) is 18.5. The Bertz CT molecular complexity index is 1230. The van der Waals surface area contributed by atoms with Crippen LogP contribution in [-0.2, 0) is 6.54 Å². The van der Waals surface area contributed by atoms with Gasteiger partial charge in [0, 0.05) is 49.7 Å². The van der Waals surface area contributed by atoms with Crippen LogP contribution in [0.1, 0.15) is 12.8 Å². The van der Waals surface area contributed by atoms with E-state index in [0.29, 0.717) is 35.3 Å². The average Bonchev–Trinajstić information content (AvgIpc) is 3.19. The van der Waals surface area contributed by atoms with Gasteiger partial charge in [0.25, 0.3) is 11.6 Å². The monoisotopic (exact) mass is 405 g/mol. The molecule has 8 heteroatoms. The fraction of sp³-hybridized carbons (Fsp3) is 0.273. The third-order valence-electron chi connectivity index (χ3n) is 5.52. The van der Waals surface area contributed by atoms with E-state index < -0.39 is 0 Å². The molecule has 3 aromatic heterocycles. The highest BCUT2D eigenvalue weighted by atomic mass is 19.1. The molecule has 0 aliphatic carbocycles. The molecule has 1 aliphatic heterocycles. The number of hydrogen-bond donors (Lipinski definition) is 0. The van der Waals surface area contributed by atoms with Crippen LogP contribution in [0.3, 0.4) is 0 Å². The lowest BCUT2D eigenvalue weighted by atomic mass is 9.97. The second-order valence-electron chi connectivity index (χ2n) is 7.55. The minimum Gasteiger partial charge on any atom is -0.423 e. The van der Waals surface area contributed by atoms with E-state index in [2.05, 4.69) is 19.9 Å². The van der Waals surface area contributed by atoms with Crippen molar-refractivity contribution in [2.24, 2.45) is 5.92 Å². The van der Waals surface area contributed by atoms with Gasteiger partial charge in [0.15, 0.2) is 5.58 Å². The van der Waals surface area contributed by atoms with E-state index in [-0.39, 0.29) is 11.4 Å². The molecular formula is C22H20FN5O2. The van der Waals surface area contributed by atoms with Crippen LogP contribution in [-0.4, -0.2) is 32.6 Å². The number of anilines is 1. The van der Waals surface area contributed by atoms with E-state index in [1.165, 1.54) is 12.1 Å². The summed E-state index contributed by atoms with van der Waals surface area (Å²) in [5, 5.41) is 0. The molecule has 152 valence electrons. The number of rotatable bonds is 4. The molecule has 5 rings (SSSR count). The number of hydrogen-bond acceptors (Lipinski definition) is 6. The van der Waals surface area contributed by atoms with Crippen molar-refractivity contribution in [3.8, 4) is 11.3 Å². The number of fused-ring (bicyclic) bond motifs is 1. The van der Waals surface area contributed by atoms with Crippen LogP contribution in [0.4, 0.5) is 10.4 Å². The lowest BCUT2D eigenvalue weighted by molar-refractivity contribution is 0.342. The Kier molecular flexibility index (Phi) is 4.74. The fourth-order valence-electron chi connectivity index (χ4n) is 3.84. The first-order chi connectivity index (χ1) is 14.7. The minimum absolute atomic E-state index is 0.0627. The molecule has 0 unspecified atom stereocenters. The third-order valence-corrected chi connectivity index (χ3v) is 5.52. The maximum Gasteiger partial charge on any atom is 0.298 e. The molecule has 30 heavy (non-hydrogen) atoms. The molecule has 0 spiro atoms. The quantitative estimate of drug-likeness (QED) is 0.517. The number of aromatic nitrogens is 4. The van der Waals surface area contributed by atoms with Gasteiger partial charge in [0.1, 0.15) is 11.3 Å². The molecule has 0 radical (unpaired) electrons. The predicted octanol–water partition coefficient (Wildman–Crippen LogP) is 3.50. The zero-order valence-corrected chi connectivity index (χ0v) is 16.2. The Morgan fingerprint density at radius 1 is 1.17 bits per heavy atom. The van der Waals surface area contributed by atoms with Gasteiger partial charge in [-0.2, -0.15) is 4.98 Å². The molecule has 0 bridgehead atoms. The normalized spacial score (nSPS) is 15.0. The van der Waals surface area contributed by atoms with Crippen molar-refractivity contribution in [3.63, 3.8) is 0 Å². The van der Waals surface area contributed by atoms with Gasteiger partial charge in [-0.3, -0.25) is 14.3 Å². The van der Waals surface area contributed by atoms with Crippen molar-refractivity contribution in [2.75, 3.05) is 18.0 Å². The molecule has 0 amide bonds. The summed E-state index contributed by atoms with van der Waals surface area (Å²) in [6.45, 7) is 2.18. The fourth-order valence-corrected chi connectivity index (χ4v) is 3.84. The van der Waals surface area contributed by atoms with Crippen molar-refractivity contribution in [3.05, 3.63) is 71.3 Å². The summed E-state index contributed by atoms with van der Waals surface area (Å²) < 4.78 is 20.8. The highest BCUT2D eigenvalue weighted by molar-refractivity contribution is 5.74. The zero-order chi connectivity index (χ0) is 20.5. The van der Waals surface area contributed by atoms with E-state index in [4.69, 9.17) is 4.42 Å². The molecule has 4 aromatic rings. The van der Waals surface area contributed by atoms with E-state index in [0.717, 1.165) is 31.5 Å². The summed E-state index contributed by atoms with van der Waals surface area (Å²) in [6, 6.07) is 10.1. The van der Waals surface area contributed by atoms with Gasteiger partial charge >= 0.3 is 0 Å². The second-order valence-corrected chi connectivity index (χ2v) is 7.55. The first-order valence-electron chi connectivity index (χ1n) is 9.94. The number of nitrogens with zero attached hydrogens (tertiary/aromatic N) is 5. The average molecular weight is 405 g/mol. The standard InChI is InChI=1S/C22H20FN5O2/c23-17-3-4-20-19(10-17)26-22(30-20)27-8-5-15(6-9-27)13-28-14-25-18(11-21(28)29)16-2-1-7-24-12-16/h1-4,7,10-12,14-15H,5-6,8-9,13H2. The van der Waals surface area contributed by atoms with Crippen LogP contribution >= 0.6 is 0 Å². The number of halogens is 1. The lowest BCUT2D eigenvalue weighted by Crippen LogP contribution is -2.36. The number of piperidine rings is 1. The Labute approximate surface area is 171 Å². The molecule has 7 nitrogen and oxygen atoms in total. The van der Waals surface area contributed by atoms with Crippen molar-refractivity contribution in [1.82, 2.24) is 19.5 Å². The third kappa shape index (κ3) is 3.68. The molecule has 1 saturated heterocycles. The van der Waals surface area contributed by atoms with E-state index in [1.54, 1.807) is 35.4 Å².